The van der Waals surface area contributed by atoms with Gasteiger partial charge in [0.2, 0.25) is 11.8 Å². The van der Waals surface area contributed by atoms with Crippen molar-refractivity contribution in [3.63, 3.8) is 0 Å². The standard InChI is InChI=1S/C25H23N3O3/c29-23-11-10-22(24(30)27-23)28-13-19-15(5-3-6-17(19)25(28)31)14-8-9-21-18(12-14)16-4-1-2-7-20(16)26-21/h3,5-6,8-9,12,22,26H,1-2,4,7,10-11,13H2,(H,27,29,30). The van der Waals surface area contributed by atoms with Gasteiger partial charge in [0.1, 0.15) is 6.04 Å². The summed E-state index contributed by atoms with van der Waals surface area (Å²) < 4.78 is 0. The van der Waals surface area contributed by atoms with Gasteiger partial charge >= 0.3 is 0 Å². The van der Waals surface area contributed by atoms with Gasteiger partial charge in [-0.15, -0.1) is 0 Å². The van der Waals surface area contributed by atoms with Crippen molar-refractivity contribution in [3.8, 4) is 11.1 Å². The van der Waals surface area contributed by atoms with Crippen LogP contribution in [0.4, 0.5) is 0 Å². The highest BCUT2D eigenvalue weighted by atomic mass is 16.2. The summed E-state index contributed by atoms with van der Waals surface area (Å²) in [6.07, 6.45) is 5.31. The van der Waals surface area contributed by atoms with E-state index >= 15 is 0 Å². The number of fused-ring (bicyclic) bond motifs is 4. The number of aryl methyl sites for hydroxylation is 2. The van der Waals surface area contributed by atoms with Crippen LogP contribution in [0.5, 0.6) is 0 Å². The van der Waals surface area contributed by atoms with Gasteiger partial charge in [-0.2, -0.15) is 0 Å². The van der Waals surface area contributed by atoms with Crippen LogP contribution in [-0.2, 0) is 29.0 Å². The van der Waals surface area contributed by atoms with E-state index in [-0.39, 0.29) is 24.1 Å². The quantitative estimate of drug-likeness (QED) is 0.631. The summed E-state index contributed by atoms with van der Waals surface area (Å²) in [7, 11) is 0. The zero-order valence-electron chi connectivity index (χ0n) is 17.2. The third-order valence-corrected chi connectivity index (χ3v) is 6.99. The number of aromatic amines is 1. The molecule has 6 rings (SSSR count). The van der Waals surface area contributed by atoms with Crippen molar-refractivity contribution < 1.29 is 14.4 Å². The number of benzene rings is 2. The second-order valence-corrected chi connectivity index (χ2v) is 8.78. The lowest BCUT2D eigenvalue weighted by molar-refractivity contribution is -0.136. The summed E-state index contributed by atoms with van der Waals surface area (Å²) in [6.45, 7) is 0.389. The highest BCUT2D eigenvalue weighted by Crippen LogP contribution is 2.37. The van der Waals surface area contributed by atoms with Gasteiger partial charge in [-0.25, -0.2) is 0 Å². The predicted molar refractivity (Wildman–Crippen MR) is 116 cm³/mol. The molecule has 3 aliphatic rings. The molecule has 3 heterocycles. The van der Waals surface area contributed by atoms with Crippen LogP contribution < -0.4 is 5.32 Å². The molecule has 3 amide bonds. The highest BCUT2D eigenvalue weighted by Gasteiger charge is 2.39. The molecule has 6 heteroatoms. The Morgan fingerprint density at radius 1 is 0.903 bits per heavy atom. The number of imide groups is 1. The van der Waals surface area contributed by atoms with E-state index in [1.807, 2.05) is 12.1 Å². The second-order valence-electron chi connectivity index (χ2n) is 8.78. The number of H-pyrrole nitrogens is 1. The summed E-state index contributed by atoms with van der Waals surface area (Å²) in [5, 5.41) is 3.64. The van der Waals surface area contributed by atoms with Crippen molar-refractivity contribution in [1.29, 1.82) is 0 Å². The number of carbonyl (C=O) groups is 3. The number of hydrogen-bond acceptors (Lipinski definition) is 3. The topological polar surface area (TPSA) is 82.3 Å². The number of piperidine rings is 1. The number of amides is 3. The Kier molecular flexibility index (Phi) is 4.03. The molecule has 1 aromatic heterocycles. The van der Waals surface area contributed by atoms with E-state index < -0.39 is 6.04 Å². The Balaban J connectivity index is 1.40. The molecule has 31 heavy (non-hydrogen) atoms. The summed E-state index contributed by atoms with van der Waals surface area (Å²) in [4.78, 5) is 42.2. The first-order valence-corrected chi connectivity index (χ1v) is 11.0. The number of hydrogen-bond donors (Lipinski definition) is 2. The van der Waals surface area contributed by atoms with Crippen LogP contribution in [0, 0.1) is 0 Å². The van der Waals surface area contributed by atoms with E-state index in [0.29, 0.717) is 18.5 Å². The van der Waals surface area contributed by atoms with E-state index in [9.17, 15) is 14.4 Å². The number of carbonyl (C=O) groups excluding carboxylic acids is 3. The molecule has 0 saturated carbocycles. The maximum Gasteiger partial charge on any atom is 0.255 e. The molecule has 0 radical (unpaired) electrons. The third-order valence-electron chi connectivity index (χ3n) is 6.99. The summed E-state index contributed by atoms with van der Waals surface area (Å²) in [5.74, 6) is -0.778. The Bertz CT molecular complexity index is 1270. The van der Waals surface area contributed by atoms with Gasteiger partial charge in [-0.05, 0) is 72.6 Å². The first kappa shape index (κ1) is 18.4. The van der Waals surface area contributed by atoms with Gasteiger partial charge in [-0.1, -0.05) is 18.2 Å². The van der Waals surface area contributed by atoms with Crippen LogP contribution in [0.3, 0.4) is 0 Å². The van der Waals surface area contributed by atoms with Crippen molar-refractivity contribution in [1.82, 2.24) is 15.2 Å². The van der Waals surface area contributed by atoms with E-state index in [1.54, 1.807) is 4.90 Å². The molecule has 2 aliphatic heterocycles. The molecule has 6 nitrogen and oxygen atoms in total. The summed E-state index contributed by atoms with van der Waals surface area (Å²) in [6, 6.07) is 11.7. The number of nitrogens with one attached hydrogen (secondary N) is 2. The van der Waals surface area contributed by atoms with Gasteiger partial charge in [0.05, 0.1) is 0 Å². The Morgan fingerprint density at radius 3 is 2.61 bits per heavy atom. The average molecular weight is 413 g/mol. The summed E-state index contributed by atoms with van der Waals surface area (Å²) in [5.41, 5.74) is 7.69. The molecule has 2 aromatic carbocycles. The van der Waals surface area contributed by atoms with Crippen LogP contribution >= 0.6 is 0 Å². The second kappa shape index (κ2) is 6.80. The SMILES string of the molecule is O=C1CCC(N2Cc3c(cccc3-c3ccc4[nH]c5c(c4c3)CCCC5)C2=O)C(=O)N1. The van der Waals surface area contributed by atoms with Crippen molar-refractivity contribution in [2.24, 2.45) is 0 Å². The fourth-order valence-electron chi connectivity index (χ4n) is 5.43. The molecular formula is C25H23N3O3. The van der Waals surface area contributed by atoms with Crippen LogP contribution in [0.15, 0.2) is 36.4 Å². The third kappa shape index (κ3) is 2.81. The van der Waals surface area contributed by atoms with Crippen LogP contribution in [0.1, 0.15) is 52.9 Å². The molecular weight excluding hydrogens is 390 g/mol. The minimum atomic E-state index is -0.593. The monoisotopic (exact) mass is 413 g/mol. The van der Waals surface area contributed by atoms with E-state index in [4.69, 9.17) is 0 Å². The lowest BCUT2D eigenvalue weighted by Gasteiger charge is -2.29. The molecule has 2 N–H and O–H groups in total. The lowest BCUT2D eigenvalue weighted by atomic mass is 9.92. The zero-order valence-corrected chi connectivity index (χ0v) is 17.2. The molecule has 1 unspecified atom stereocenters. The minimum Gasteiger partial charge on any atom is -0.358 e. The van der Waals surface area contributed by atoms with Gasteiger partial charge in [0, 0.05) is 35.1 Å². The maximum absolute atomic E-state index is 13.1. The smallest absolute Gasteiger partial charge is 0.255 e. The Labute approximate surface area is 179 Å². The van der Waals surface area contributed by atoms with Crippen molar-refractivity contribution in [2.75, 3.05) is 0 Å². The fraction of sp³-hybridized carbons (Fsp3) is 0.320. The molecule has 1 atom stereocenters. The zero-order chi connectivity index (χ0) is 21.1. The van der Waals surface area contributed by atoms with Gasteiger partial charge in [0.15, 0.2) is 0 Å². The van der Waals surface area contributed by atoms with Crippen molar-refractivity contribution >= 4 is 28.6 Å². The van der Waals surface area contributed by atoms with Crippen LogP contribution in [0.25, 0.3) is 22.0 Å². The molecule has 0 spiro atoms. The first-order chi connectivity index (χ1) is 15.1. The molecule has 1 fully saturated rings. The first-order valence-electron chi connectivity index (χ1n) is 11.0. The number of nitrogens with zero attached hydrogens (tertiary/aromatic N) is 1. The minimum absolute atomic E-state index is 0.133. The highest BCUT2D eigenvalue weighted by molar-refractivity contribution is 6.06. The Hall–Kier alpha value is -3.41. The lowest BCUT2D eigenvalue weighted by Crippen LogP contribution is -2.52. The summed E-state index contributed by atoms with van der Waals surface area (Å²) >= 11 is 0. The molecule has 0 bridgehead atoms. The van der Waals surface area contributed by atoms with Gasteiger partial charge in [0.25, 0.3) is 5.91 Å². The average Bonchev–Trinajstić information content (AvgIpc) is 3.31. The van der Waals surface area contributed by atoms with Crippen molar-refractivity contribution in [2.45, 2.75) is 51.1 Å². The predicted octanol–water partition coefficient (Wildman–Crippen LogP) is 3.47. The van der Waals surface area contributed by atoms with Crippen LogP contribution in [0.2, 0.25) is 0 Å². The fourth-order valence-corrected chi connectivity index (χ4v) is 5.43. The molecule has 1 aliphatic carbocycles. The molecule has 156 valence electrons. The van der Waals surface area contributed by atoms with Crippen molar-refractivity contribution in [3.05, 3.63) is 58.8 Å². The molecule has 3 aromatic rings. The van der Waals surface area contributed by atoms with E-state index in [0.717, 1.165) is 29.5 Å². The van der Waals surface area contributed by atoms with Gasteiger partial charge < -0.3 is 9.88 Å². The van der Waals surface area contributed by atoms with Crippen LogP contribution in [-0.4, -0.2) is 33.6 Å². The molecule has 1 saturated heterocycles. The van der Waals surface area contributed by atoms with E-state index in [1.165, 1.54) is 35.0 Å². The number of aromatic nitrogens is 1. The number of rotatable bonds is 2. The van der Waals surface area contributed by atoms with Gasteiger partial charge in [-0.3, -0.25) is 19.7 Å². The van der Waals surface area contributed by atoms with E-state index in [2.05, 4.69) is 34.6 Å². The maximum atomic E-state index is 13.1. The Morgan fingerprint density at radius 2 is 1.74 bits per heavy atom. The largest absolute Gasteiger partial charge is 0.358 e. The normalized spacial score (nSPS) is 20.7.